The molecule has 1 amide bonds. The standard InChI is InChI=1S/C19H22ClN5OS/c1-12(2)16-15(22-18(20)27-16)17(26)24-8-10-25(11-9-24)19-21-13-6-4-5-7-14(13)23(19)3/h4-7,12H,8-11H2,1-3H3. The van der Waals surface area contributed by atoms with Crippen molar-refractivity contribution in [1.82, 2.24) is 19.4 Å². The average Bonchev–Trinajstić information content (AvgIpc) is 3.22. The highest BCUT2D eigenvalue weighted by molar-refractivity contribution is 7.16. The molecule has 0 unspecified atom stereocenters. The van der Waals surface area contributed by atoms with Gasteiger partial charge in [-0.05, 0) is 18.1 Å². The van der Waals surface area contributed by atoms with E-state index in [-0.39, 0.29) is 11.8 Å². The fourth-order valence-corrected chi connectivity index (χ4v) is 4.64. The molecule has 0 bridgehead atoms. The van der Waals surface area contributed by atoms with Gasteiger partial charge in [-0.25, -0.2) is 9.97 Å². The van der Waals surface area contributed by atoms with E-state index in [0.29, 0.717) is 23.3 Å². The largest absolute Gasteiger partial charge is 0.339 e. The van der Waals surface area contributed by atoms with Crippen LogP contribution in [0.5, 0.6) is 0 Å². The number of aryl methyl sites for hydroxylation is 1. The van der Waals surface area contributed by atoms with E-state index in [1.165, 1.54) is 11.3 Å². The normalized spacial score (nSPS) is 15.1. The van der Waals surface area contributed by atoms with E-state index < -0.39 is 0 Å². The summed E-state index contributed by atoms with van der Waals surface area (Å²) in [6.07, 6.45) is 0. The zero-order valence-corrected chi connectivity index (χ0v) is 17.2. The number of benzene rings is 1. The maximum atomic E-state index is 13.0. The number of hydrogen-bond acceptors (Lipinski definition) is 5. The number of carbonyl (C=O) groups is 1. The van der Waals surface area contributed by atoms with Gasteiger partial charge in [0.25, 0.3) is 5.91 Å². The van der Waals surface area contributed by atoms with Gasteiger partial charge in [0.15, 0.2) is 4.47 Å². The third-order valence-electron chi connectivity index (χ3n) is 4.97. The van der Waals surface area contributed by atoms with Gasteiger partial charge in [-0.1, -0.05) is 37.6 Å². The number of hydrogen-bond donors (Lipinski definition) is 0. The second kappa shape index (κ2) is 7.13. The maximum absolute atomic E-state index is 13.0. The Labute approximate surface area is 167 Å². The molecule has 27 heavy (non-hydrogen) atoms. The first-order valence-electron chi connectivity index (χ1n) is 9.07. The van der Waals surface area contributed by atoms with Crippen LogP contribution < -0.4 is 4.90 Å². The molecule has 0 atom stereocenters. The molecule has 1 saturated heterocycles. The van der Waals surface area contributed by atoms with E-state index in [4.69, 9.17) is 16.6 Å². The summed E-state index contributed by atoms with van der Waals surface area (Å²) in [6, 6.07) is 8.12. The lowest BCUT2D eigenvalue weighted by molar-refractivity contribution is 0.0739. The van der Waals surface area contributed by atoms with Crippen LogP contribution in [0.15, 0.2) is 24.3 Å². The van der Waals surface area contributed by atoms with Crippen LogP contribution in [0.3, 0.4) is 0 Å². The first-order chi connectivity index (χ1) is 13.0. The lowest BCUT2D eigenvalue weighted by atomic mass is 10.1. The zero-order chi connectivity index (χ0) is 19.1. The molecule has 0 spiro atoms. The van der Waals surface area contributed by atoms with Crippen LogP contribution in [0, 0.1) is 0 Å². The number of anilines is 1. The highest BCUT2D eigenvalue weighted by atomic mass is 35.5. The number of imidazole rings is 1. The summed E-state index contributed by atoms with van der Waals surface area (Å²) in [5.74, 6) is 1.16. The molecule has 0 aliphatic carbocycles. The Morgan fingerprint density at radius 3 is 2.52 bits per heavy atom. The number of halogens is 1. The molecule has 0 saturated carbocycles. The lowest BCUT2D eigenvalue weighted by Crippen LogP contribution is -2.49. The van der Waals surface area contributed by atoms with Gasteiger partial charge < -0.3 is 14.4 Å². The third kappa shape index (κ3) is 3.30. The Balaban J connectivity index is 1.50. The minimum atomic E-state index is -0.0218. The monoisotopic (exact) mass is 403 g/mol. The average molecular weight is 404 g/mol. The van der Waals surface area contributed by atoms with Crippen molar-refractivity contribution in [2.45, 2.75) is 19.8 Å². The van der Waals surface area contributed by atoms with Crippen molar-refractivity contribution >= 4 is 45.8 Å². The Bertz CT molecular complexity index is 987. The van der Waals surface area contributed by atoms with Crippen LogP contribution in [-0.2, 0) is 7.05 Å². The Morgan fingerprint density at radius 1 is 1.15 bits per heavy atom. The number of carbonyl (C=O) groups excluding carboxylic acids is 1. The Morgan fingerprint density at radius 2 is 1.85 bits per heavy atom. The van der Waals surface area contributed by atoms with E-state index in [1.54, 1.807) is 0 Å². The first kappa shape index (κ1) is 18.3. The third-order valence-corrected chi connectivity index (χ3v) is 6.43. The summed E-state index contributed by atoms with van der Waals surface area (Å²) in [5.41, 5.74) is 2.62. The van der Waals surface area contributed by atoms with Crippen LogP contribution >= 0.6 is 22.9 Å². The molecule has 1 fully saturated rings. The van der Waals surface area contributed by atoms with E-state index in [0.717, 1.165) is 34.9 Å². The molecule has 4 rings (SSSR count). The van der Waals surface area contributed by atoms with Gasteiger partial charge in [-0.2, -0.15) is 0 Å². The Hall–Kier alpha value is -2.12. The quantitative estimate of drug-likeness (QED) is 0.668. The molecule has 3 heterocycles. The van der Waals surface area contributed by atoms with E-state index in [9.17, 15) is 4.79 Å². The van der Waals surface area contributed by atoms with Crippen molar-refractivity contribution in [3.8, 4) is 0 Å². The highest BCUT2D eigenvalue weighted by Gasteiger charge is 2.28. The van der Waals surface area contributed by atoms with Crippen molar-refractivity contribution < 1.29 is 4.79 Å². The zero-order valence-electron chi connectivity index (χ0n) is 15.6. The molecule has 3 aromatic rings. The number of nitrogens with zero attached hydrogens (tertiary/aromatic N) is 5. The lowest BCUT2D eigenvalue weighted by Gasteiger charge is -2.35. The summed E-state index contributed by atoms with van der Waals surface area (Å²) in [4.78, 5) is 27.1. The van der Waals surface area contributed by atoms with Crippen molar-refractivity contribution in [3.05, 3.63) is 39.3 Å². The molecular weight excluding hydrogens is 382 g/mol. The predicted molar refractivity (Wildman–Crippen MR) is 110 cm³/mol. The smallest absolute Gasteiger partial charge is 0.273 e. The summed E-state index contributed by atoms with van der Waals surface area (Å²) in [7, 11) is 2.04. The number of rotatable bonds is 3. The second-order valence-electron chi connectivity index (χ2n) is 7.07. The fraction of sp³-hybridized carbons (Fsp3) is 0.421. The first-order valence-corrected chi connectivity index (χ1v) is 10.3. The maximum Gasteiger partial charge on any atom is 0.273 e. The van der Waals surface area contributed by atoms with Crippen LogP contribution in [0.1, 0.15) is 35.1 Å². The van der Waals surface area contributed by atoms with Crippen LogP contribution in [0.4, 0.5) is 5.95 Å². The van der Waals surface area contributed by atoms with Gasteiger partial charge in [-0.3, -0.25) is 4.79 Å². The van der Waals surface area contributed by atoms with Crippen LogP contribution in [-0.4, -0.2) is 51.5 Å². The van der Waals surface area contributed by atoms with Crippen molar-refractivity contribution in [2.75, 3.05) is 31.1 Å². The molecule has 6 nitrogen and oxygen atoms in total. The topological polar surface area (TPSA) is 54.3 Å². The van der Waals surface area contributed by atoms with Gasteiger partial charge in [0, 0.05) is 38.1 Å². The Kier molecular flexibility index (Phi) is 4.82. The molecule has 1 aliphatic rings. The molecule has 0 radical (unpaired) electrons. The van der Waals surface area contributed by atoms with Gasteiger partial charge in [0.2, 0.25) is 5.95 Å². The number of fused-ring (bicyclic) bond motifs is 1. The molecule has 8 heteroatoms. The minimum Gasteiger partial charge on any atom is -0.339 e. The minimum absolute atomic E-state index is 0.0218. The molecule has 0 N–H and O–H groups in total. The van der Waals surface area contributed by atoms with Gasteiger partial charge >= 0.3 is 0 Å². The fourth-order valence-electron chi connectivity index (χ4n) is 3.52. The van der Waals surface area contributed by atoms with Crippen molar-refractivity contribution in [1.29, 1.82) is 0 Å². The summed E-state index contributed by atoms with van der Waals surface area (Å²) in [6.45, 7) is 6.91. The molecule has 142 valence electrons. The summed E-state index contributed by atoms with van der Waals surface area (Å²) >= 11 is 7.47. The van der Waals surface area contributed by atoms with E-state index in [2.05, 4.69) is 34.4 Å². The number of thiazole rings is 1. The number of aromatic nitrogens is 3. The van der Waals surface area contributed by atoms with Gasteiger partial charge in [-0.15, -0.1) is 11.3 Å². The van der Waals surface area contributed by atoms with E-state index >= 15 is 0 Å². The molecular formula is C19H22ClN5OS. The van der Waals surface area contributed by atoms with Crippen molar-refractivity contribution in [3.63, 3.8) is 0 Å². The second-order valence-corrected chi connectivity index (χ2v) is 8.69. The van der Waals surface area contributed by atoms with Crippen LogP contribution in [0.2, 0.25) is 4.47 Å². The van der Waals surface area contributed by atoms with Gasteiger partial charge in [0.05, 0.1) is 11.0 Å². The summed E-state index contributed by atoms with van der Waals surface area (Å²) in [5, 5.41) is 0. The van der Waals surface area contributed by atoms with Crippen molar-refractivity contribution in [2.24, 2.45) is 7.05 Å². The van der Waals surface area contributed by atoms with Crippen LogP contribution in [0.25, 0.3) is 11.0 Å². The molecule has 2 aromatic heterocycles. The molecule has 1 aliphatic heterocycles. The SMILES string of the molecule is CC(C)c1sc(Cl)nc1C(=O)N1CCN(c2nc3ccccc3n2C)CC1. The van der Waals surface area contributed by atoms with Gasteiger partial charge in [0.1, 0.15) is 5.69 Å². The summed E-state index contributed by atoms with van der Waals surface area (Å²) < 4.78 is 2.55. The van der Waals surface area contributed by atoms with E-state index in [1.807, 2.05) is 30.1 Å². The number of piperazine rings is 1. The number of para-hydroxylation sites is 2. The molecule has 1 aromatic carbocycles. The number of amides is 1. The predicted octanol–water partition coefficient (Wildman–Crippen LogP) is 3.77. The highest BCUT2D eigenvalue weighted by Crippen LogP contribution is 2.30.